The Hall–Kier alpha value is -3.24. The van der Waals surface area contributed by atoms with E-state index in [2.05, 4.69) is 0 Å². The summed E-state index contributed by atoms with van der Waals surface area (Å²) in [6, 6.07) is 36.4. The summed E-state index contributed by atoms with van der Waals surface area (Å²) in [6.07, 6.45) is 2.22. The van der Waals surface area contributed by atoms with Gasteiger partial charge in [-0.3, -0.25) is 0 Å². The second kappa shape index (κ2) is 18.9. The molecule has 0 bridgehead atoms. The monoisotopic (exact) mass is 653 g/mol. The van der Waals surface area contributed by atoms with Crippen LogP contribution in [0, 0.1) is 59.3 Å². The van der Waals surface area contributed by atoms with Crippen molar-refractivity contribution in [3.05, 3.63) is 174 Å². The van der Waals surface area contributed by atoms with Gasteiger partial charge in [0.2, 0.25) is 0 Å². The maximum Gasteiger partial charge on any atom is 3.00 e. The second-order valence-electron chi connectivity index (χ2n) is 7.84. The molecule has 0 fully saturated rings. The van der Waals surface area contributed by atoms with Crippen molar-refractivity contribution in [1.29, 1.82) is 0 Å². The normalized spacial score (nSPS) is 10.5. The summed E-state index contributed by atoms with van der Waals surface area (Å²) >= 11 is 0. The van der Waals surface area contributed by atoms with E-state index >= 15 is 0 Å². The van der Waals surface area contributed by atoms with Gasteiger partial charge in [0.25, 0.3) is 0 Å². The molecule has 6 N–H and O–H groups in total. The van der Waals surface area contributed by atoms with E-state index in [1.54, 1.807) is 48.5 Å². The fourth-order valence-electron chi connectivity index (χ4n) is 3.03. The van der Waals surface area contributed by atoms with Gasteiger partial charge in [0.05, 0.1) is 23.3 Å². The molecule has 0 aliphatic heterocycles. The third kappa shape index (κ3) is 13.4. The minimum Gasteiger partial charge on any atom is -0.464 e. The molecule has 0 amide bonds. The molecule has 0 saturated carbocycles. The topological polar surface area (TPSA) is 121 Å². The molecule has 0 spiro atoms. The van der Waals surface area contributed by atoms with Crippen LogP contribution in [-0.2, 0) is 0 Å². The first-order chi connectivity index (χ1) is 18.3. The fourth-order valence-corrected chi connectivity index (χ4v) is 3.03. The third-order valence-corrected chi connectivity index (χ3v) is 4.83. The standard InChI is InChI=1S/2C15H12O2.C2H5O2.Nd/c2*16-14(12-7-3-1-4-8-12)11-15(17)13-9-5-2-6-10-13;1-2(3)4;/h2*1-11,16H;3-4H,1H3;/q;;+1;+3/p+2. The zero-order valence-corrected chi connectivity index (χ0v) is 24.6. The molecule has 0 aliphatic rings. The molecule has 0 saturated heterocycles. The number of hydrogen-bond acceptors (Lipinski definition) is 6. The maximum atomic E-state index is 9.83. The van der Waals surface area contributed by atoms with Crippen LogP contribution in [0.1, 0.15) is 29.2 Å². The Morgan fingerprint density at radius 3 is 0.974 bits per heavy atom. The molecule has 0 aromatic heterocycles. The number of hydrogen-bond donors (Lipinski definition) is 6. The Morgan fingerprint density at radius 2 is 0.718 bits per heavy atom. The van der Waals surface area contributed by atoms with Gasteiger partial charge < -0.3 is 20.4 Å². The largest absolute Gasteiger partial charge is 3.00 e. The van der Waals surface area contributed by atoms with E-state index in [9.17, 15) is 20.4 Å². The Morgan fingerprint density at radius 1 is 0.487 bits per heavy atom. The molecule has 4 aromatic carbocycles. The summed E-state index contributed by atoms with van der Waals surface area (Å²) in [7, 11) is 0. The molecule has 39 heavy (non-hydrogen) atoms. The Bertz CT molecular complexity index is 1130. The van der Waals surface area contributed by atoms with Crippen LogP contribution in [0.5, 0.6) is 0 Å². The van der Waals surface area contributed by atoms with Gasteiger partial charge in [-0.1, -0.05) is 36.4 Å². The average molecular weight is 656 g/mol. The summed E-state index contributed by atoms with van der Waals surface area (Å²) in [4.78, 5) is 0. The van der Waals surface area contributed by atoms with Gasteiger partial charge in [0.1, 0.15) is 18.1 Å². The molecule has 0 aliphatic carbocycles. The Balaban J connectivity index is 0.000000336. The maximum absolute atomic E-state index is 9.83. The summed E-state index contributed by atoms with van der Waals surface area (Å²) in [6.45, 7) is 1.19. The van der Waals surface area contributed by atoms with Gasteiger partial charge >= 0.3 is 47.1 Å². The number of aliphatic hydroxyl groups excluding tert-OH is 5. The van der Waals surface area contributed by atoms with E-state index in [0.29, 0.717) is 22.3 Å². The summed E-state index contributed by atoms with van der Waals surface area (Å²) in [5.41, 5.74) is 2.70. The van der Waals surface area contributed by atoms with Crippen molar-refractivity contribution in [3.8, 4) is 0 Å². The van der Waals surface area contributed by atoms with Crippen molar-refractivity contribution < 1.29 is 71.5 Å². The number of benzene rings is 4. The van der Waals surface area contributed by atoms with E-state index in [1.807, 2.05) is 72.8 Å². The van der Waals surface area contributed by atoms with Crippen LogP contribution in [0.3, 0.4) is 0 Å². The van der Waals surface area contributed by atoms with E-state index < -0.39 is 6.29 Å². The Kier molecular flexibility index (Phi) is 16.4. The summed E-state index contributed by atoms with van der Waals surface area (Å²) in [5, 5.41) is 54.4. The van der Waals surface area contributed by atoms with Crippen LogP contribution in [0.4, 0.5) is 0 Å². The van der Waals surface area contributed by atoms with Crippen LogP contribution in [0.15, 0.2) is 133 Å². The van der Waals surface area contributed by atoms with Crippen LogP contribution < -0.4 is 0 Å². The molecule has 0 atom stereocenters. The van der Waals surface area contributed by atoms with Gasteiger partial charge in [0.15, 0.2) is 23.7 Å². The van der Waals surface area contributed by atoms with Crippen LogP contribution in [-0.4, -0.2) is 30.6 Å². The van der Waals surface area contributed by atoms with Crippen molar-refractivity contribution in [3.63, 3.8) is 0 Å². The fraction of sp³-hybridized carbons (Fsp3) is 0.0312. The zero-order valence-electron chi connectivity index (χ0n) is 21.4. The molecular formula is C32H31NdO6+6. The number of aliphatic hydroxyl groups is 6. The van der Waals surface area contributed by atoms with Crippen LogP contribution in [0.2, 0.25) is 0 Å². The van der Waals surface area contributed by atoms with Crippen LogP contribution in [0.25, 0.3) is 11.5 Å². The van der Waals surface area contributed by atoms with Gasteiger partial charge in [-0.2, -0.15) is 10.2 Å². The predicted molar refractivity (Wildman–Crippen MR) is 148 cm³/mol. The van der Waals surface area contributed by atoms with E-state index in [0.717, 1.165) is 0 Å². The minimum absolute atomic E-state index is 0. The van der Waals surface area contributed by atoms with Crippen LogP contribution >= 0.6 is 0 Å². The second-order valence-corrected chi connectivity index (χ2v) is 7.84. The van der Waals surface area contributed by atoms with Crippen molar-refractivity contribution in [1.82, 2.24) is 0 Å². The smallest absolute Gasteiger partial charge is 0.464 e. The molecule has 7 heteroatoms. The van der Waals surface area contributed by atoms with Crippen molar-refractivity contribution in [2.45, 2.75) is 6.92 Å². The summed E-state index contributed by atoms with van der Waals surface area (Å²) < 4.78 is 0. The first kappa shape index (κ1) is 33.8. The zero-order chi connectivity index (χ0) is 27.8. The van der Waals surface area contributed by atoms with Gasteiger partial charge in [0, 0.05) is 24.3 Å². The van der Waals surface area contributed by atoms with Crippen molar-refractivity contribution in [2.75, 3.05) is 0 Å². The summed E-state index contributed by atoms with van der Waals surface area (Å²) in [5.74, 6) is 0.0962. The molecule has 0 unspecified atom stereocenters. The van der Waals surface area contributed by atoms with Crippen molar-refractivity contribution in [2.24, 2.45) is 0 Å². The number of rotatable bonds is 6. The minimum atomic E-state index is -0.583. The van der Waals surface area contributed by atoms with Crippen molar-refractivity contribution >= 4 is 11.5 Å². The van der Waals surface area contributed by atoms with Gasteiger partial charge in [-0.05, 0) is 60.7 Å². The molecule has 193 valence electrons. The Labute approximate surface area is 262 Å². The first-order valence-electron chi connectivity index (χ1n) is 11.6. The van der Waals surface area contributed by atoms with Gasteiger partial charge in [-0.15, -0.1) is 0 Å². The molecule has 6 nitrogen and oxygen atoms in total. The molecule has 4 rings (SSSR count). The van der Waals surface area contributed by atoms with E-state index in [1.165, 1.54) is 19.1 Å². The third-order valence-electron chi connectivity index (χ3n) is 4.83. The molecular weight excluding hydrogens is 625 g/mol. The molecule has 4 aromatic rings. The molecule has 0 heterocycles. The average Bonchev–Trinajstić information content (AvgIpc) is 2.95. The van der Waals surface area contributed by atoms with Gasteiger partial charge in [-0.25, -0.2) is 0 Å². The van der Waals surface area contributed by atoms with E-state index in [4.69, 9.17) is 10.2 Å². The quantitative estimate of drug-likeness (QED) is 0.0957. The predicted octanol–water partition coefficient (Wildman–Crippen LogP) is 7.32. The molecule has 1 radical (unpaired) electrons. The first-order valence-corrected chi connectivity index (χ1v) is 11.6. The van der Waals surface area contributed by atoms with E-state index in [-0.39, 0.29) is 64.6 Å². The SMILES string of the molecule is C[C+](O)O.OC(=C[C+](O)c1ccccc1)c1ccccc1.OC(=C[C+](O)c1ccccc1)c1ccccc1.[Nd+3].